The third-order valence-electron chi connectivity index (χ3n) is 2.39. The Morgan fingerprint density at radius 3 is 2.94 bits per heavy atom. The summed E-state index contributed by atoms with van der Waals surface area (Å²) in [7, 11) is 3.35. The highest BCUT2D eigenvalue weighted by Gasteiger charge is 2.15. The van der Waals surface area contributed by atoms with Crippen LogP contribution in [0.15, 0.2) is 6.07 Å². The van der Waals surface area contributed by atoms with Gasteiger partial charge in [0, 0.05) is 20.7 Å². The summed E-state index contributed by atoms with van der Waals surface area (Å²) in [6.07, 6.45) is 0. The molecule has 1 N–H and O–H groups in total. The number of nitrogens with zero attached hydrogens (tertiary/aromatic N) is 1. The normalized spacial score (nSPS) is 9.78. The molecule has 1 amide bonds. The van der Waals surface area contributed by atoms with E-state index in [1.54, 1.807) is 19.1 Å². The van der Waals surface area contributed by atoms with Gasteiger partial charge in [0.2, 0.25) is 0 Å². The average molecular weight is 267 g/mol. The van der Waals surface area contributed by atoms with E-state index in [1.165, 1.54) is 11.3 Å². The van der Waals surface area contributed by atoms with Crippen LogP contribution in [0.5, 0.6) is 0 Å². The first kappa shape index (κ1) is 14.7. The van der Waals surface area contributed by atoms with Crippen molar-refractivity contribution in [1.82, 2.24) is 4.90 Å². The molecular weight excluding hydrogens is 250 g/mol. The number of likely N-dealkylation sites (N-methyl/N-ethyl adjacent to an activating group) is 1. The van der Waals surface area contributed by atoms with Gasteiger partial charge in [0.1, 0.15) is 6.61 Å². The molecule has 0 aliphatic heterocycles. The van der Waals surface area contributed by atoms with Crippen molar-refractivity contribution in [3.05, 3.63) is 21.4 Å². The first-order valence-corrected chi connectivity index (χ1v) is 6.36. The number of aliphatic hydroxyl groups excluding tert-OH is 1. The maximum absolute atomic E-state index is 12.1. The zero-order chi connectivity index (χ0) is 13.5. The highest BCUT2D eigenvalue weighted by atomic mass is 32.1. The van der Waals surface area contributed by atoms with E-state index >= 15 is 0 Å². The molecule has 4 nitrogen and oxygen atoms in total. The average Bonchev–Trinajstić information content (AvgIpc) is 2.73. The van der Waals surface area contributed by atoms with Gasteiger partial charge in [-0.15, -0.1) is 11.3 Å². The molecule has 18 heavy (non-hydrogen) atoms. The second kappa shape index (κ2) is 7.17. The zero-order valence-corrected chi connectivity index (χ0v) is 11.6. The number of hydrogen-bond acceptors (Lipinski definition) is 4. The van der Waals surface area contributed by atoms with Gasteiger partial charge in [-0.25, -0.2) is 0 Å². The molecule has 0 aliphatic rings. The molecule has 0 fully saturated rings. The lowest BCUT2D eigenvalue weighted by molar-refractivity contribution is 0.0749. The first-order chi connectivity index (χ1) is 8.60. The molecule has 0 spiro atoms. The van der Waals surface area contributed by atoms with E-state index in [0.29, 0.717) is 18.0 Å². The Hall–Kier alpha value is -1.35. The van der Waals surface area contributed by atoms with E-state index in [2.05, 4.69) is 11.8 Å². The minimum absolute atomic E-state index is 0.0304. The Morgan fingerprint density at radius 2 is 2.33 bits per heavy atom. The number of ether oxygens (including phenoxy) is 1. The van der Waals surface area contributed by atoms with E-state index in [-0.39, 0.29) is 12.5 Å². The van der Waals surface area contributed by atoms with Crippen molar-refractivity contribution in [3.63, 3.8) is 0 Å². The number of carbonyl (C=O) groups is 1. The van der Waals surface area contributed by atoms with Gasteiger partial charge in [0.25, 0.3) is 5.91 Å². The Bertz CT molecular complexity index is 470. The lowest BCUT2D eigenvalue weighted by atomic mass is 10.2. The van der Waals surface area contributed by atoms with Gasteiger partial charge in [-0.2, -0.15) is 0 Å². The maximum Gasteiger partial charge on any atom is 0.263 e. The molecular formula is C13H17NO3S. The van der Waals surface area contributed by atoms with Gasteiger partial charge in [-0.3, -0.25) is 4.79 Å². The zero-order valence-electron chi connectivity index (χ0n) is 10.8. The summed E-state index contributed by atoms with van der Waals surface area (Å²) in [6.45, 7) is 2.81. The highest BCUT2D eigenvalue weighted by Crippen LogP contribution is 2.22. The Balaban J connectivity index is 2.81. The van der Waals surface area contributed by atoms with E-state index in [1.807, 2.05) is 13.0 Å². The van der Waals surface area contributed by atoms with Crippen LogP contribution in [-0.4, -0.2) is 49.8 Å². The quantitative estimate of drug-likeness (QED) is 0.832. The van der Waals surface area contributed by atoms with Crippen LogP contribution in [0.3, 0.4) is 0 Å². The van der Waals surface area contributed by atoms with Crippen molar-refractivity contribution in [2.45, 2.75) is 6.92 Å². The summed E-state index contributed by atoms with van der Waals surface area (Å²) in [6, 6.07) is 1.83. The van der Waals surface area contributed by atoms with Crippen molar-refractivity contribution in [2.75, 3.05) is 33.9 Å². The van der Waals surface area contributed by atoms with Crippen LogP contribution in [0.4, 0.5) is 0 Å². The monoisotopic (exact) mass is 267 g/mol. The molecule has 5 heteroatoms. The van der Waals surface area contributed by atoms with Crippen LogP contribution < -0.4 is 0 Å². The number of carbonyl (C=O) groups excluding carboxylic acids is 1. The second-order valence-corrected chi connectivity index (χ2v) is 4.85. The van der Waals surface area contributed by atoms with Crippen LogP contribution in [-0.2, 0) is 4.74 Å². The van der Waals surface area contributed by atoms with Gasteiger partial charge in [0.15, 0.2) is 0 Å². The maximum atomic E-state index is 12.1. The highest BCUT2D eigenvalue weighted by molar-refractivity contribution is 7.14. The predicted molar refractivity (Wildman–Crippen MR) is 71.9 cm³/mol. The van der Waals surface area contributed by atoms with Gasteiger partial charge >= 0.3 is 0 Å². The summed E-state index contributed by atoms with van der Waals surface area (Å²) in [5, 5.41) is 8.66. The van der Waals surface area contributed by atoms with Crippen molar-refractivity contribution in [1.29, 1.82) is 0 Å². The third-order valence-corrected chi connectivity index (χ3v) is 3.53. The molecule has 1 heterocycles. The van der Waals surface area contributed by atoms with Crippen LogP contribution >= 0.6 is 11.3 Å². The van der Waals surface area contributed by atoms with Crippen molar-refractivity contribution < 1.29 is 14.6 Å². The molecule has 0 unspecified atom stereocenters. The van der Waals surface area contributed by atoms with Crippen molar-refractivity contribution >= 4 is 17.2 Å². The number of methoxy groups -OCH3 is 1. The fourth-order valence-corrected chi connectivity index (χ4v) is 2.39. The Morgan fingerprint density at radius 1 is 1.61 bits per heavy atom. The van der Waals surface area contributed by atoms with Gasteiger partial charge in [-0.1, -0.05) is 11.8 Å². The topological polar surface area (TPSA) is 49.8 Å². The summed E-state index contributed by atoms with van der Waals surface area (Å²) >= 11 is 1.35. The number of amides is 1. The molecule has 1 aromatic rings. The molecule has 1 rings (SSSR count). The molecule has 0 aromatic carbocycles. The molecule has 0 radical (unpaired) electrons. The van der Waals surface area contributed by atoms with Crippen molar-refractivity contribution in [3.8, 4) is 11.8 Å². The van der Waals surface area contributed by atoms with Crippen LogP contribution in [0.25, 0.3) is 0 Å². The standard InChI is InChI=1S/C13H17NO3S/c1-10-9-12(18-11(10)5-4-7-15)13(16)14(2)6-8-17-3/h9,15H,6-8H2,1-3H3. The third kappa shape index (κ3) is 3.84. The summed E-state index contributed by atoms with van der Waals surface area (Å²) in [5.41, 5.74) is 0.962. The number of aliphatic hydroxyl groups is 1. The van der Waals surface area contributed by atoms with E-state index in [4.69, 9.17) is 9.84 Å². The number of rotatable bonds is 4. The van der Waals surface area contributed by atoms with E-state index < -0.39 is 0 Å². The first-order valence-electron chi connectivity index (χ1n) is 5.54. The molecule has 98 valence electrons. The van der Waals surface area contributed by atoms with E-state index in [9.17, 15) is 4.79 Å². The minimum Gasteiger partial charge on any atom is -0.384 e. The number of hydrogen-bond donors (Lipinski definition) is 1. The SMILES string of the molecule is COCCN(C)C(=O)c1cc(C)c(C#CCO)s1. The Kier molecular flexibility index (Phi) is 5.86. The summed E-state index contributed by atoms with van der Waals surface area (Å²) < 4.78 is 4.94. The van der Waals surface area contributed by atoms with Gasteiger partial charge < -0.3 is 14.7 Å². The van der Waals surface area contributed by atoms with Crippen LogP contribution in [0.2, 0.25) is 0 Å². The van der Waals surface area contributed by atoms with Crippen molar-refractivity contribution in [2.24, 2.45) is 0 Å². The minimum atomic E-state index is -0.172. The molecule has 0 aliphatic carbocycles. The summed E-state index contributed by atoms with van der Waals surface area (Å²) in [5.74, 6) is 5.40. The largest absolute Gasteiger partial charge is 0.384 e. The molecule has 0 bridgehead atoms. The second-order valence-electron chi connectivity index (χ2n) is 3.80. The molecule has 0 saturated carbocycles. The summed E-state index contributed by atoms with van der Waals surface area (Å²) in [4.78, 5) is 15.2. The fourth-order valence-electron chi connectivity index (χ4n) is 1.35. The lowest BCUT2D eigenvalue weighted by Gasteiger charge is -2.15. The molecule has 1 aromatic heterocycles. The lowest BCUT2D eigenvalue weighted by Crippen LogP contribution is -2.29. The molecule has 0 saturated heterocycles. The van der Waals surface area contributed by atoms with E-state index in [0.717, 1.165) is 10.4 Å². The van der Waals surface area contributed by atoms with Gasteiger partial charge in [-0.05, 0) is 18.6 Å². The predicted octanol–water partition coefficient (Wildman–Crippen LogP) is 1.12. The molecule has 0 atom stereocenters. The van der Waals surface area contributed by atoms with Crippen LogP contribution in [0, 0.1) is 18.8 Å². The fraction of sp³-hybridized carbons (Fsp3) is 0.462. The van der Waals surface area contributed by atoms with Crippen LogP contribution in [0.1, 0.15) is 20.1 Å². The van der Waals surface area contributed by atoms with Gasteiger partial charge in [0.05, 0.1) is 16.4 Å². The Labute approximate surface area is 111 Å². The number of thiophene rings is 1. The number of aryl methyl sites for hydroxylation is 1. The smallest absolute Gasteiger partial charge is 0.263 e.